The number of likely N-dealkylation sites (tertiary alicyclic amines) is 1. The van der Waals surface area contributed by atoms with Crippen molar-refractivity contribution in [3.8, 4) is 0 Å². The Labute approximate surface area is 115 Å². The molecule has 0 saturated carbocycles. The molecule has 0 spiro atoms. The lowest BCUT2D eigenvalue weighted by Crippen LogP contribution is -2.40. The summed E-state index contributed by atoms with van der Waals surface area (Å²) >= 11 is 0. The quantitative estimate of drug-likeness (QED) is 0.856. The summed E-state index contributed by atoms with van der Waals surface area (Å²) in [5.41, 5.74) is -0.123. The molecule has 2 amide bonds. The Hall–Kier alpha value is -1.82. The predicted molar refractivity (Wildman–Crippen MR) is 68.7 cm³/mol. The van der Waals surface area contributed by atoms with E-state index in [9.17, 15) is 18.4 Å². The second-order valence-electron chi connectivity index (χ2n) is 4.76. The lowest BCUT2D eigenvalue weighted by molar-refractivity contribution is -0.138. The van der Waals surface area contributed by atoms with Crippen LogP contribution in [0.3, 0.4) is 0 Å². The molecule has 0 bridgehead atoms. The normalized spacial score (nSPS) is 20.6. The summed E-state index contributed by atoms with van der Waals surface area (Å²) in [6, 6.07) is 2.18. The molecule has 0 aliphatic carbocycles. The van der Waals surface area contributed by atoms with E-state index >= 15 is 0 Å². The van der Waals surface area contributed by atoms with Crippen molar-refractivity contribution in [3.05, 3.63) is 35.4 Å². The number of rotatable bonds is 4. The van der Waals surface area contributed by atoms with Crippen molar-refractivity contribution in [1.29, 1.82) is 0 Å². The van der Waals surface area contributed by atoms with Crippen LogP contribution in [0.1, 0.15) is 31.9 Å². The number of imide groups is 1. The first-order valence-corrected chi connectivity index (χ1v) is 6.49. The van der Waals surface area contributed by atoms with Crippen molar-refractivity contribution < 1.29 is 18.4 Å². The van der Waals surface area contributed by atoms with Gasteiger partial charge in [0.25, 0.3) is 0 Å². The van der Waals surface area contributed by atoms with Crippen LogP contribution in [-0.2, 0) is 9.59 Å². The molecule has 2 unspecified atom stereocenters. The van der Waals surface area contributed by atoms with Gasteiger partial charge in [0.15, 0.2) is 0 Å². The molecule has 1 aromatic rings. The van der Waals surface area contributed by atoms with Gasteiger partial charge < -0.3 is 0 Å². The van der Waals surface area contributed by atoms with Crippen LogP contribution in [0.25, 0.3) is 0 Å². The first-order valence-electron chi connectivity index (χ1n) is 6.49. The van der Waals surface area contributed by atoms with Gasteiger partial charge in [0.2, 0.25) is 11.8 Å². The molecule has 1 aromatic carbocycles. The van der Waals surface area contributed by atoms with Crippen LogP contribution in [0.2, 0.25) is 0 Å². The number of halogens is 2. The first-order chi connectivity index (χ1) is 9.45. The van der Waals surface area contributed by atoms with Gasteiger partial charge in [0.05, 0.1) is 12.5 Å². The Morgan fingerprint density at radius 2 is 1.95 bits per heavy atom. The Balaban J connectivity index is 2.15. The fraction of sp³-hybridized carbons (Fsp3) is 0.429. The molecule has 0 radical (unpaired) electrons. The molecule has 2 atom stereocenters. The average Bonchev–Trinajstić information content (AvgIpc) is 2.63. The van der Waals surface area contributed by atoms with E-state index in [2.05, 4.69) is 5.32 Å². The standard InChI is InChI=1S/C14H16F2N2O2/c1-3-18-12(19)7-11(14(18)20)17-8(2)13-9(15)5-4-6-10(13)16/h4-6,8,11,17H,3,7H2,1-2H3. The van der Waals surface area contributed by atoms with Crippen molar-refractivity contribution in [1.82, 2.24) is 10.2 Å². The van der Waals surface area contributed by atoms with E-state index < -0.39 is 23.7 Å². The van der Waals surface area contributed by atoms with Gasteiger partial charge >= 0.3 is 0 Å². The maximum absolute atomic E-state index is 13.6. The number of hydrogen-bond acceptors (Lipinski definition) is 3. The molecule has 0 aromatic heterocycles. The lowest BCUT2D eigenvalue weighted by atomic mass is 10.1. The number of nitrogens with zero attached hydrogens (tertiary/aromatic N) is 1. The Morgan fingerprint density at radius 3 is 2.45 bits per heavy atom. The van der Waals surface area contributed by atoms with E-state index in [0.29, 0.717) is 6.54 Å². The molecule has 1 saturated heterocycles. The van der Waals surface area contributed by atoms with E-state index in [4.69, 9.17) is 0 Å². The minimum absolute atomic E-state index is 0.0209. The van der Waals surface area contributed by atoms with Gasteiger partial charge in [0, 0.05) is 18.2 Å². The van der Waals surface area contributed by atoms with Crippen LogP contribution in [0, 0.1) is 11.6 Å². The van der Waals surface area contributed by atoms with Gasteiger partial charge in [-0.15, -0.1) is 0 Å². The first kappa shape index (κ1) is 14.6. The number of carbonyl (C=O) groups is 2. The summed E-state index contributed by atoms with van der Waals surface area (Å²) in [6.45, 7) is 3.57. The van der Waals surface area contributed by atoms with Crippen LogP contribution >= 0.6 is 0 Å². The van der Waals surface area contributed by atoms with E-state index in [1.807, 2.05) is 0 Å². The van der Waals surface area contributed by atoms with Gasteiger partial charge in [-0.2, -0.15) is 0 Å². The molecule has 1 heterocycles. The zero-order chi connectivity index (χ0) is 14.9. The third-order valence-corrected chi connectivity index (χ3v) is 3.44. The summed E-state index contributed by atoms with van der Waals surface area (Å²) in [5.74, 6) is -1.96. The van der Waals surface area contributed by atoms with Crippen LogP contribution in [0.4, 0.5) is 8.78 Å². The second kappa shape index (κ2) is 5.66. The SMILES string of the molecule is CCN1C(=O)CC(NC(C)c2c(F)cccc2F)C1=O. The molecule has 6 heteroatoms. The van der Waals surface area contributed by atoms with Crippen molar-refractivity contribution in [2.24, 2.45) is 0 Å². The van der Waals surface area contributed by atoms with Crippen LogP contribution in [0.15, 0.2) is 18.2 Å². The largest absolute Gasteiger partial charge is 0.299 e. The monoisotopic (exact) mass is 282 g/mol. The maximum Gasteiger partial charge on any atom is 0.246 e. The van der Waals surface area contributed by atoms with Crippen LogP contribution in [0.5, 0.6) is 0 Å². The van der Waals surface area contributed by atoms with E-state index in [-0.39, 0.29) is 23.8 Å². The second-order valence-corrected chi connectivity index (χ2v) is 4.76. The van der Waals surface area contributed by atoms with E-state index in [0.717, 1.165) is 17.0 Å². The highest BCUT2D eigenvalue weighted by molar-refractivity contribution is 6.05. The molecule has 1 fully saturated rings. The number of hydrogen-bond donors (Lipinski definition) is 1. The molecule has 1 aliphatic rings. The summed E-state index contributed by atoms with van der Waals surface area (Å²) in [7, 11) is 0. The number of carbonyl (C=O) groups excluding carboxylic acids is 2. The van der Waals surface area contributed by atoms with Crippen molar-refractivity contribution in [2.75, 3.05) is 6.54 Å². The zero-order valence-electron chi connectivity index (χ0n) is 11.3. The number of likely N-dealkylation sites (N-methyl/N-ethyl adjacent to an activating group) is 1. The highest BCUT2D eigenvalue weighted by Gasteiger charge is 2.38. The Kier molecular flexibility index (Phi) is 4.13. The van der Waals surface area contributed by atoms with Crippen molar-refractivity contribution in [2.45, 2.75) is 32.4 Å². The fourth-order valence-corrected chi connectivity index (χ4v) is 2.46. The molecular weight excluding hydrogens is 266 g/mol. The number of benzene rings is 1. The topological polar surface area (TPSA) is 49.4 Å². The van der Waals surface area contributed by atoms with E-state index in [1.165, 1.54) is 6.07 Å². The Bertz CT molecular complexity index is 528. The van der Waals surface area contributed by atoms with Crippen molar-refractivity contribution in [3.63, 3.8) is 0 Å². The summed E-state index contributed by atoms with van der Waals surface area (Å²) in [5, 5.41) is 2.83. The Morgan fingerprint density at radius 1 is 1.35 bits per heavy atom. The minimum Gasteiger partial charge on any atom is -0.299 e. The van der Waals surface area contributed by atoms with Crippen LogP contribution in [-0.4, -0.2) is 29.3 Å². The van der Waals surface area contributed by atoms with Gasteiger partial charge in [-0.25, -0.2) is 8.78 Å². The third-order valence-electron chi connectivity index (χ3n) is 3.44. The van der Waals surface area contributed by atoms with Crippen LogP contribution < -0.4 is 5.32 Å². The molecule has 108 valence electrons. The van der Waals surface area contributed by atoms with Gasteiger partial charge in [0.1, 0.15) is 11.6 Å². The highest BCUT2D eigenvalue weighted by atomic mass is 19.1. The molecule has 2 rings (SSSR count). The van der Waals surface area contributed by atoms with Gasteiger partial charge in [-0.3, -0.25) is 19.8 Å². The van der Waals surface area contributed by atoms with E-state index in [1.54, 1.807) is 13.8 Å². The number of amides is 2. The third kappa shape index (κ3) is 2.56. The smallest absolute Gasteiger partial charge is 0.246 e. The molecule has 1 aliphatic heterocycles. The highest BCUT2D eigenvalue weighted by Crippen LogP contribution is 2.23. The molecule has 1 N–H and O–H groups in total. The average molecular weight is 282 g/mol. The summed E-state index contributed by atoms with van der Waals surface area (Å²) in [4.78, 5) is 24.7. The molecule has 20 heavy (non-hydrogen) atoms. The van der Waals surface area contributed by atoms with Gasteiger partial charge in [-0.05, 0) is 26.0 Å². The summed E-state index contributed by atoms with van der Waals surface area (Å²) < 4.78 is 27.3. The summed E-state index contributed by atoms with van der Waals surface area (Å²) in [6.07, 6.45) is 0.0209. The zero-order valence-corrected chi connectivity index (χ0v) is 11.3. The van der Waals surface area contributed by atoms with Gasteiger partial charge in [-0.1, -0.05) is 6.07 Å². The maximum atomic E-state index is 13.6. The lowest BCUT2D eigenvalue weighted by Gasteiger charge is -2.19. The predicted octanol–water partition coefficient (Wildman–Crippen LogP) is 1.76. The van der Waals surface area contributed by atoms with Crippen molar-refractivity contribution >= 4 is 11.8 Å². The fourth-order valence-electron chi connectivity index (χ4n) is 2.46. The minimum atomic E-state index is -0.726. The molecular formula is C14H16F2N2O2. The molecule has 4 nitrogen and oxygen atoms in total. The number of nitrogens with one attached hydrogen (secondary N) is 1.